The third kappa shape index (κ3) is 5.85. The van der Waals surface area contributed by atoms with E-state index >= 15 is 0 Å². The zero-order valence-corrected chi connectivity index (χ0v) is 18.6. The number of nitrogens with zero attached hydrogens (tertiary/aromatic N) is 1. The summed E-state index contributed by atoms with van der Waals surface area (Å²) in [6, 6.07) is 10.1. The minimum Gasteiger partial charge on any atom is -0.497 e. The Morgan fingerprint density at radius 1 is 1.10 bits per heavy atom. The molecule has 0 aromatic heterocycles. The van der Waals surface area contributed by atoms with Crippen LogP contribution in [0.1, 0.15) is 13.8 Å². The van der Waals surface area contributed by atoms with Crippen LogP contribution in [-0.4, -0.2) is 41.6 Å². The lowest BCUT2D eigenvalue weighted by Gasteiger charge is -2.22. The van der Waals surface area contributed by atoms with Gasteiger partial charge in [-0.05, 0) is 48.4 Å². The van der Waals surface area contributed by atoms with Crippen molar-refractivity contribution in [1.82, 2.24) is 4.72 Å². The van der Waals surface area contributed by atoms with Gasteiger partial charge in [-0.15, -0.1) is 0 Å². The van der Waals surface area contributed by atoms with E-state index in [0.717, 1.165) is 5.69 Å². The molecule has 0 spiro atoms. The molecule has 0 bridgehead atoms. The summed E-state index contributed by atoms with van der Waals surface area (Å²) in [7, 11) is 1.33. The first-order valence-corrected chi connectivity index (χ1v) is 10.9. The summed E-state index contributed by atoms with van der Waals surface area (Å²) in [5.41, 5.74) is 1.30. The second kappa shape index (κ2) is 9.47. The highest BCUT2D eigenvalue weighted by Gasteiger charge is 2.28. The summed E-state index contributed by atoms with van der Waals surface area (Å²) < 4.78 is 33.0. The Morgan fingerprint density at radius 3 is 2.21 bits per heavy atom. The molecule has 7 nitrogen and oxygen atoms in total. The van der Waals surface area contributed by atoms with Gasteiger partial charge in [-0.25, -0.2) is 8.42 Å². The summed E-state index contributed by atoms with van der Waals surface area (Å²) in [5, 5.41) is 3.21. The van der Waals surface area contributed by atoms with Gasteiger partial charge in [0, 0.05) is 19.8 Å². The third-order valence-corrected chi connectivity index (χ3v) is 6.06. The SMILES string of the molecule is COc1ccc(S(=O)(=O)N[C@H](C(=O)Nc2ccc(N(C)C)c(Cl)c2)C(C)C)cc1. The Balaban J connectivity index is 2.20. The maximum Gasteiger partial charge on any atom is 0.242 e. The Bertz CT molecular complexity index is 960. The first-order valence-electron chi connectivity index (χ1n) is 8.99. The first-order chi connectivity index (χ1) is 13.5. The minimum absolute atomic E-state index is 0.0510. The molecule has 0 radical (unpaired) electrons. The number of hydrogen-bond donors (Lipinski definition) is 2. The van der Waals surface area contributed by atoms with Crippen LogP contribution in [0, 0.1) is 5.92 Å². The van der Waals surface area contributed by atoms with E-state index in [1.807, 2.05) is 19.0 Å². The standard InChI is InChI=1S/C20H26ClN3O4S/c1-13(2)19(23-29(26,27)16-9-7-15(28-5)8-10-16)20(25)22-14-6-11-18(24(3)4)17(21)12-14/h6-13,19,23H,1-5H3,(H,22,25)/t19-/m0/s1. The fourth-order valence-corrected chi connectivity index (χ4v) is 4.34. The number of anilines is 2. The second-order valence-electron chi connectivity index (χ2n) is 7.07. The molecule has 0 heterocycles. The minimum atomic E-state index is -3.89. The van der Waals surface area contributed by atoms with Crippen LogP contribution in [0.3, 0.4) is 0 Å². The Hall–Kier alpha value is -2.29. The van der Waals surface area contributed by atoms with Crippen LogP contribution < -0.4 is 19.7 Å². The maximum absolute atomic E-state index is 12.8. The van der Waals surface area contributed by atoms with Crippen molar-refractivity contribution >= 4 is 38.9 Å². The van der Waals surface area contributed by atoms with E-state index in [-0.39, 0.29) is 10.8 Å². The molecule has 2 aromatic rings. The normalized spacial score (nSPS) is 12.5. The van der Waals surface area contributed by atoms with Crippen LogP contribution in [0.2, 0.25) is 5.02 Å². The Labute approximate surface area is 177 Å². The summed E-state index contributed by atoms with van der Waals surface area (Å²) in [6.07, 6.45) is 0. The number of amides is 1. The number of hydrogen-bond acceptors (Lipinski definition) is 5. The van der Waals surface area contributed by atoms with Gasteiger partial charge in [-0.1, -0.05) is 25.4 Å². The Kier molecular flexibility index (Phi) is 7.51. The predicted octanol–water partition coefficient (Wildman–Crippen LogP) is 3.36. The monoisotopic (exact) mass is 439 g/mol. The number of benzene rings is 2. The van der Waals surface area contributed by atoms with Crippen molar-refractivity contribution in [2.75, 3.05) is 31.4 Å². The van der Waals surface area contributed by atoms with Crippen molar-refractivity contribution in [3.63, 3.8) is 0 Å². The van der Waals surface area contributed by atoms with Crippen molar-refractivity contribution in [2.45, 2.75) is 24.8 Å². The van der Waals surface area contributed by atoms with Crippen molar-refractivity contribution < 1.29 is 17.9 Å². The van der Waals surface area contributed by atoms with E-state index in [2.05, 4.69) is 10.0 Å². The lowest BCUT2D eigenvalue weighted by molar-refractivity contribution is -0.118. The quantitative estimate of drug-likeness (QED) is 0.658. The largest absolute Gasteiger partial charge is 0.497 e. The van der Waals surface area contributed by atoms with Crippen LogP contribution >= 0.6 is 11.6 Å². The number of carbonyl (C=O) groups excluding carboxylic acids is 1. The van der Waals surface area contributed by atoms with Gasteiger partial charge >= 0.3 is 0 Å². The highest BCUT2D eigenvalue weighted by atomic mass is 35.5. The van der Waals surface area contributed by atoms with Gasteiger partial charge in [0.1, 0.15) is 11.8 Å². The van der Waals surface area contributed by atoms with Gasteiger partial charge in [0.25, 0.3) is 0 Å². The molecule has 9 heteroatoms. The molecule has 2 rings (SSSR count). The molecule has 1 atom stereocenters. The van der Waals surface area contributed by atoms with Crippen molar-refractivity contribution in [3.8, 4) is 5.75 Å². The number of methoxy groups -OCH3 is 1. The van der Waals surface area contributed by atoms with Crippen LogP contribution in [0.4, 0.5) is 11.4 Å². The van der Waals surface area contributed by atoms with Gasteiger partial charge in [-0.3, -0.25) is 4.79 Å². The topological polar surface area (TPSA) is 87.7 Å². The molecule has 2 N–H and O–H groups in total. The van der Waals surface area contributed by atoms with E-state index in [0.29, 0.717) is 16.5 Å². The molecule has 0 unspecified atom stereocenters. The molecule has 158 valence electrons. The van der Waals surface area contributed by atoms with Crippen molar-refractivity contribution in [3.05, 3.63) is 47.5 Å². The van der Waals surface area contributed by atoms with Gasteiger partial charge in [0.2, 0.25) is 15.9 Å². The third-order valence-electron chi connectivity index (χ3n) is 4.30. The summed E-state index contributed by atoms with van der Waals surface area (Å²) in [4.78, 5) is 14.7. The predicted molar refractivity (Wildman–Crippen MR) is 116 cm³/mol. The molecule has 2 aromatic carbocycles. The van der Waals surface area contributed by atoms with Crippen molar-refractivity contribution in [1.29, 1.82) is 0 Å². The fraction of sp³-hybridized carbons (Fsp3) is 0.350. The van der Waals surface area contributed by atoms with E-state index in [1.54, 1.807) is 44.2 Å². The highest BCUT2D eigenvalue weighted by Crippen LogP contribution is 2.27. The number of carbonyl (C=O) groups is 1. The van der Waals surface area contributed by atoms with E-state index in [9.17, 15) is 13.2 Å². The molecule has 0 aliphatic heterocycles. The molecule has 0 aliphatic carbocycles. The fourth-order valence-electron chi connectivity index (χ4n) is 2.65. The van der Waals surface area contributed by atoms with E-state index in [4.69, 9.17) is 16.3 Å². The lowest BCUT2D eigenvalue weighted by Crippen LogP contribution is -2.47. The zero-order chi connectivity index (χ0) is 21.8. The number of rotatable bonds is 8. The lowest BCUT2D eigenvalue weighted by atomic mass is 10.0. The van der Waals surface area contributed by atoms with Crippen molar-refractivity contribution in [2.24, 2.45) is 5.92 Å². The number of nitrogens with one attached hydrogen (secondary N) is 2. The molecule has 0 saturated carbocycles. The van der Waals surface area contributed by atoms with Gasteiger partial charge in [0.05, 0.1) is 22.7 Å². The Morgan fingerprint density at radius 2 is 1.72 bits per heavy atom. The number of ether oxygens (including phenoxy) is 1. The molecular formula is C20H26ClN3O4S. The molecule has 0 fully saturated rings. The first kappa shape index (κ1) is 23.0. The average molecular weight is 440 g/mol. The zero-order valence-electron chi connectivity index (χ0n) is 17.1. The van der Waals surface area contributed by atoms with Crippen LogP contribution in [0.25, 0.3) is 0 Å². The molecule has 29 heavy (non-hydrogen) atoms. The number of halogens is 1. The number of sulfonamides is 1. The van der Waals surface area contributed by atoms with Crippen LogP contribution in [-0.2, 0) is 14.8 Å². The summed E-state index contributed by atoms with van der Waals surface area (Å²) in [5.74, 6) is -0.203. The van der Waals surface area contributed by atoms with Gasteiger partial charge < -0.3 is 15.0 Å². The highest BCUT2D eigenvalue weighted by molar-refractivity contribution is 7.89. The van der Waals surface area contributed by atoms with Gasteiger partial charge in [0.15, 0.2) is 0 Å². The van der Waals surface area contributed by atoms with E-state index in [1.165, 1.54) is 19.2 Å². The molecular weight excluding hydrogens is 414 g/mol. The maximum atomic E-state index is 12.8. The molecule has 0 saturated heterocycles. The molecule has 1 amide bonds. The second-order valence-corrected chi connectivity index (χ2v) is 9.19. The smallest absolute Gasteiger partial charge is 0.242 e. The van der Waals surface area contributed by atoms with Crippen LogP contribution in [0.15, 0.2) is 47.4 Å². The summed E-state index contributed by atoms with van der Waals surface area (Å²) in [6.45, 7) is 3.53. The van der Waals surface area contributed by atoms with Gasteiger partial charge in [-0.2, -0.15) is 4.72 Å². The van der Waals surface area contributed by atoms with Crippen LogP contribution in [0.5, 0.6) is 5.75 Å². The van der Waals surface area contributed by atoms with E-state index < -0.39 is 22.0 Å². The average Bonchev–Trinajstić information content (AvgIpc) is 2.65. The summed E-state index contributed by atoms with van der Waals surface area (Å²) >= 11 is 6.25. The molecule has 0 aliphatic rings.